The van der Waals surface area contributed by atoms with Gasteiger partial charge in [0.25, 0.3) is 0 Å². The van der Waals surface area contributed by atoms with Crippen molar-refractivity contribution in [1.29, 1.82) is 0 Å². The maximum atomic E-state index is 5.56. The molecule has 0 bridgehead atoms. The average molecular weight is 284 g/mol. The highest BCUT2D eigenvalue weighted by atomic mass is 32.3. The lowest BCUT2D eigenvalue weighted by Gasteiger charge is -2.40. The molecule has 0 amide bonds. The molecule has 2 aromatic carbocycles. The Labute approximate surface area is 122 Å². The highest BCUT2D eigenvalue weighted by Crippen LogP contribution is 2.55. The largest absolute Gasteiger partial charge is 0.380 e. The van der Waals surface area contributed by atoms with Crippen LogP contribution >= 0.6 is 10.0 Å². The van der Waals surface area contributed by atoms with Crippen LogP contribution in [0, 0.1) is 0 Å². The smallest absolute Gasteiger partial charge is 0.0545 e. The fourth-order valence-corrected chi connectivity index (χ4v) is 5.78. The summed E-state index contributed by atoms with van der Waals surface area (Å²) in [6.45, 7) is 1.86. The van der Waals surface area contributed by atoms with E-state index in [1.165, 1.54) is 33.8 Å². The van der Waals surface area contributed by atoms with Crippen LogP contribution in [0.25, 0.3) is 11.1 Å². The van der Waals surface area contributed by atoms with Crippen molar-refractivity contribution >= 4 is 10.0 Å². The Morgan fingerprint density at radius 1 is 0.900 bits per heavy atom. The Bertz CT molecular complexity index is 656. The predicted octanol–water partition coefficient (Wildman–Crippen LogP) is 4.08. The van der Waals surface area contributed by atoms with E-state index in [4.69, 9.17) is 4.74 Å². The lowest BCUT2D eigenvalue weighted by atomic mass is 10.1. The van der Waals surface area contributed by atoms with Gasteiger partial charge in [-0.25, -0.2) is 10.0 Å². The summed E-state index contributed by atoms with van der Waals surface area (Å²) >= 11 is 0. The topological polar surface area (TPSA) is 9.23 Å². The van der Waals surface area contributed by atoms with Gasteiger partial charge in [0.05, 0.1) is 13.2 Å². The van der Waals surface area contributed by atoms with E-state index in [0.29, 0.717) is 0 Å². The Hall–Kier alpha value is -1.25. The van der Waals surface area contributed by atoms with E-state index in [1.807, 2.05) is 0 Å². The zero-order chi connectivity index (χ0) is 13.6. The van der Waals surface area contributed by atoms with E-state index >= 15 is 0 Å². The summed E-state index contributed by atoms with van der Waals surface area (Å²) in [5, 5.41) is 0. The maximum Gasteiger partial charge on any atom is 0.0545 e. The molecule has 4 rings (SSSR count). The van der Waals surface area contributed by atoms with Crippen LogP contribution < -0.4 is 0 Å². The molecule has 1 saturated heterocycles. The summed E-state index contributed by atoms with van der Waals surface area (Å²) in [4.78, 5) is 1.57. The summed E-state index contributed by atoms with van der Waals surface area (Å²) < 4.78 is 5.56. The van der Waals surface area contributed by atoms with Crippen molar-refractivity contribution in [2.75, 3.05) is 31.0 Å². The van der Waals surface area contributed by atoms with E-state index in [9.17, 15) is 0 Å². The molecule has 104 valence electrons. The first-order chi connectivity index (χ1) is 9.76. The van der Waals surface area contributed by atoms with Crippen molar-refractivity contribution in [3.8, 4) is 11.1 Å². The predicted molar refractivity (Wildman–Crippen MR) is 87.0 cm³/mol. The molecule has 0 saturated carbocycles. The number of benzene rings is 2. The highest BCUT2D eigenvalue weighted by molar-refractivity contribution is 8.33. The molecule has 0 aromatic heterocycles. The Balaban J connectivity index is 1.79. The summed E-state index contributed by atoms with van der Waals surface area (Å²) in [6.07, 6.45) is 3.57. The van der Waals surface area contributed by atoms with Crippen molar-refractivity contribution in [3.63, 3.8) is 0 Å². The molecule has 0 atom stereocenters. The summed E-state index contributed by atoms with van der Waals surface area (Å²) in [7, 11) is -0.668. The molecular formula is C18H20OS. The first kappa shape index (κ1) is 12.5. The zero-order valence-corrected chi connectivity index (χ0v) is 12.7. The van der Waals surface area contributed by atoms with Gasteiger partial charge in [-0.1, -0.05) is 30.3 Å². The van der Waals surface area contributed by atoms with Gasteiger partial charge in [0.15, 0.2) is 0 Å². The molecule has 2 aromatic rings. The van der Waals surface area contributed by atoms with Crippen LogP contribution in [0.4, 0.5) is 0 Å². The molecule has 2 heteroatoms. The summed E-state index contributed by atoms with van der Waals surface area (Å²) in [5.74, 6) is 2.43. The van der Waals surface area contributed by atoms with Crippen LogP contribution in [0.5, 0.6) is 0 Å². The molecule has 0 N–H and O–H groups in total. The SMILES string of the molecule is CS1(c2ccc3c(c2)-c2ccccc2C3)CCOCC1. The van der Waals surface area contributed by atoms with Crippen LogP contribution in [0.1, 0.15) is 11.1 Å². The zero-order valence-electron chi connectivity index (χ0n) is 11.9. The molecule has 0 spiro atoms. The lowest BCUT2D eigenvalue weighted by molar-refractivity contribution is 0.159. The third kappa shape index (κ3) is 1.90. The van der Waals surface area contributed by atoms with E-state index in [1.54, 1.807) is 4.90 Å². The second kappa shape index (κ2) is 4.64. The number of rotatable bonds is 1. The van der Waals surface area contributed by atoms with Gasteiger partial charge in [0.1, 0.15) is 0 Å². The second-order valence-corrected chi connectivity index (χ2v) is 9.78. The van der Waals surface area contributed by atoms with Gasteiger partial charge in [-0.2, -0.15) is 0 Å². The van der Waals surface area contributed by atoms with Gasteiger partial charge >= 0.3 is 0 Å². The van der Waals surface area contributed by atoms with E-state index in [0.717, 1.165) is 19.6 Å². The Morgan fingerprint density at radius 3 is 2.50 bits per heavy atom. The lowest BCUT2D eigenvalue weighted by Crippen LogP contribution is -2.22. The molecule has 1 fully saturated rings. The first-order valence-electron chi connectivity index (χ1n) is 7.29. The fraction of sp³-hybridized carbons (Fsp3) is 0.333. The van der Waals surface area contributed by atoms with Gasteiger partial charge in [0.2, 0.25) is 0 Å². The number of hydrogen-bond acceptors (Lipinski definition) is 1. The Morgan fingerprint density at radius 2 is 1.65 bits per heavy atom. The van der Waals surface area contributed by atoms with E-state index in [2.05, 4.69) is 48.7 Å². The Kier molecular flexibility index (Phi) is 2.90. The quantitative estimate of drug-likeness (QED) is 0.654. The minimum absolute atomic E-state index is 0.668. The third-order valence-corrected chi connectivity index (χ3v) is 8.22. The number of fused-ring (bicyclic) bond motifs is 3. The normalized spacial score (nSPS) is 21.1. The van der Waals surface area contributed by atoms with Crippen molar-refractivity contribution in [3.05, 3.63) is 53.6 Å². The minimum Gasteiger partial charge on any atom is -0.380 e. The van der Waals surface area contributed by atoms with Gasteiger partial charge in [-0.15, -0.1) is 0 Å². The molecule has 0 unspecified atom stereocenters. The van der Waals surface area contributed by atoms with Crippen LogP contribution in [-0.2, 0) is 11.2 Å². The number of ether oxygens (including phenoxy) is 1. The average Bonchev–Trinajstić information content (AvgIpc) is 2.86. The van der Waals surface area contributed by atoms with Crippen molar-refractivity contribution in [2.45, 2.75) is 11.3 Å². The standard InChI is InChI=1S/C18H20OS/c1-20(10-8-19-9-11-20)16-7-6-15-12-14-4-2-3-5-17(14)18(15)13-16/h2-7,13H,8-12H2,1H3. The fourth-order valence-electron chi connectivity index (χ4n) is 3.33. The van der Waals surface area contributed by atoms with Gasteiger partial charge < -0.3 is 4.74 Å². The van der Waals surface area contributed by atoms with Gasteiger partial charge in [-0.05, 0) is 52.0 Å². The van der Waals surface area contributed by atoms with Crippen molar-refractivity contribution in [2.24, 2.45) is 0 Å². The summed E-state index contributed by atoms with van der Waals surface area (Å²) in [5.41, 5.74) is 5.88. The number of hydrogen-bond donors (Lipinski definition) is 0. The van der Waals surface area contributed by atoms with Crippen LogP contribution in [0.3, 0.4) is 0 Å². The minimum atomic E-state index is -0.668. The van der Waals surface area contributed by atoms with Crippen LogP contribution in [-0.4, -0.2) is 31.0 Å². The second-order valence-electron chi connectivity index (χ2n) is 5.95. The molecule has 1 aliphatic heterocycles. The van der Waals surface area contributed by atoms with Crippen LogP contribution in [0.15, 0.2) is 47.4 Å². The summed E-state index contributed by atoms with van der Waals surface area (Å²) in [6, 6.07) is 16.1. The van der Waals surface area contributed by atoms with Crippen molar-refractivity contribution in [1.82, 2.24) is 0 Å². The molecule has 20 heavy (non-hydrogen) atoms. The molecule has 0 radical (unpaired) electrons. The first-order valence-corrected chi connectivity index (χ1v) is 9.67. The third-order valence-electron chi connectivity index (χ3n) is 4.70. The molecule has 2 aliphatic rings. The van der Waals surface area contributed by atoms with Gasteiger partial charge in [0, 0.05) is 11.5 Å². The van der Waals surface area contributed by atoms with Gasteiger partial charge in [-0.3, -0.25) is 0 Å². The highest BCUT2D eigenvalue weighted by Gasteiger charge is 2.26. The van der Waals surface area contributed by atoms with E-state index < -0.39 is 10.0 Å². The van der Waals surface area contributed by atoms with Crippen LogP contribution in [0.2, 0.25) is 0 Å². The molecule has 1 nitrogen and oxygen atoms in total. The molecular weight excluding hydrogens is 264 g/mol. The van der Waals surface area contributed by atoms with Crippen molar-refractivity contribution < 1.29 is 4.74 Å². The van der Waals surface area contributed by atoms with E-state index in [-0.39, 0.29) is 0 Å². The molecule has 1 heterocycles. The molecule has 1 aliphatic carbocycles. The maximum absolute atomic E-state index is 5.56. The monoisotopic (exact) mass is 284 g/mol.